The van der Waals surface area contributed by atoms with E-state index in [-0.39, 0.29) is 37.5 Å². The summed E-state index contributed by atoms with van der Waals surface area (Å²) < 4.78 is 560. The molecule has 0 aliphatic heterocycles. The van der Waals surface area contributed by atoms with Crippen LogP contribution >= 0.6 is 0 Å². The summed E-state index contributed by atoms with van der Waals surface area (Å²) in [6.07, 6.45) is -36.7. The lowest BCUT2D eigenvalue weighted by atomic mass is 9.93. The van der Waals surface area contributed by atoms with Crippen molar-refractivity contribution in [2.45, 2.75) is 151 Å². The van der Waals surface area contributed by atoms with Crippen LogP contribution in [0.5, 0.6) is 0 Å². The van der Waals surface area contributed by atoms with Crippen molar-refractivity contribution >= 4 is 13.3 Å². The summed E-state index contributed by atoms with van der Waals surface area (Å²) >= 11 is 0. The van der Waals surface area contributed by atoms with Gasteiger partial charge in [-0.05, 0) is 23.7 Å². The van der Waals surface area contributed by atoms with E-state index in [0.29, 0.717) is 0 Å². The van der Waals surface area contributed by atoms with Gasteiger partial charge in [-0.25, -0.2) is 0 Å². The number of hydrogen-bond acceptors (Lipinski definition) is 3. The van der Waals surface area contributed by atoms with Crippen molar-refractivity contribution in [2.24, 2.45) is 0 Å². The van der Waals surface area contributed by atoms with Gasteiger partial charge in [-0.3, -0.25) is 0 Å². The predicted octanol–water partition coefficient (Wildman–Crippen LogP) is 15.9. The Hall–Kier alpha value is -3.41. The molecule has 0 aliphatic rings. The van der Waals surface area contributed by atoms with Crippen LogP contribution in [-0.4, -0.2) is 143 Å². The van der Waals surface area contributed by atoms with Crippen LogP contribution in [0, 0.1) is 0 Å². The van der Waals surface area contributed by atoms with E-state index in [0.717, 1.165) is 7.11 Å². The van der Waals surface area contributed by atoms with E-state index < -0.39 is 177 Å². The van der Waals surface area contributed by atoms with Gasteiger partial charge in [0, 0.05) is 26.4 Å². The van der Waals surface area contributed by atoms with Crippen LogP contribution in [0.1, 0.15) is 24.8 Å². The molecular weight excluding hydrogens is 1240 g/mol. The summed E-state index contributed by atoms with van der Waals surface area (Å²) in [6, 6.07) is -10.00. The van der Waals surface area contributed by atoms with Gasteiger partial charge in [-0.15, -0.1) is 0 Å². The molecule has 0 amide bonds. The van der Waals surface area contributed by atoms with Crippen LogP contribution in [0.4, 0.5) is 171 Å². The number of ether oxygens (including phenoxy) is 3. The summed E-state index contributed by atoms with van der Waals surface area (Å²) in [4.78, 5) is 0. The molecule has 0 saturated carbocycles. The molecular formula is C35H27F39O3Si. The monoisotopic (exact) mass is 1260 g/mol. The predicted molar refractivity (Wildman–Crippen MR) is 180 cm³/mol. The average molecular weight is 1260 g/mol. The van der Waals surface area contributed by atoms with Crippen LogP contribution in [0.3, 0.4) is 0 Å². The van der Waals surface area contributed by atoms with E-state index in [1.54, 1.807) is 0 Å². The number of benzene rings is 1. The van der Waals surface area contributed by atoms with E-state index in [1.807, 2.05) is 0 Å². The van der Waals surface area contributed by atoms with E-state index in [2.05, 4.69) is 4.74 Å². The fraction of sp³-hybridized carbons (Fsp3) is 0.829. The quantitative estimate of drug-likeness (QED) is 0.0346. The molecule has 0 aliphatic carbocycles. The van der Waals surface area contributed by atoms with Gasteiger partial charge in [0.25, 0.3) is 0 Å². The highest BCUT2D eigenvalue weighted by Gasteiger charge is 2.93. The Labute approximate surface area is 407 Å². The zero-order valence-corrected chi connectivity index (χ0v) is 37.8. The lowest BCUT2D eigenvalue weighted by molar-refractivity contribution is -0.440. The van der Waals surface area contributed by atoms with E-state index in [1.165, 1.54) is 0 Å². The van der Waals surface area contributed by atoms with Crippen LogP contribution in [0.2, 0.25) is 18.1 Å². The molecule has 0 spiro atoms. The molecule has 43 heteroatoms. The van der Waals surface area contributed by atoms with Gasteiger partial charge in [-0.2, -0.15) is 171 Å². The normalized spacial score (nSPS) is 16.1. The Morgan fingerprint density at radius 3 is 0.782 bits per heavy atom. The molecule has 0 heterocycles. The summed E-state index contributed by atoms with van der Waals surface area (Å²) in [6.45, 7) is -2.41. The van der Waals surface area contributed by atoms with E-state index >= 15 is 26.3 Å². The smallest absolute Gasteiger partial charge is 0.382 e. The van der Waals surface area contributed by atoms with Crippen molar-refractivity contribution in [1.82, 2.24) is 0 Å². The molecule has 0 unspecified atom stereocenters. The fourth-order valence-corrected chi connectivity index (χ4v) is 11.1. The van der Waals surface area contributed by atoms with Crippen LogP contribution in [-0.2, 0) is 20.8 Å². The highest BCUT2D eigenvalue weighted by molar-refractivity contribution is 6.92. The van der Waals surface area contributed by atoms with Gasteiger partial charge in [0.15, 0.2) is 0 Å². The molecule has 0 N–H and O–H groups in total. The van der Waals surface area contributed by atoms with Gasteiger partial charge < -0.3 is 14.2 Å². The minimum atomic E-state index is -8.91. The zero-order valence-electron chi connectivity index (χ0n) is 36.8. The van der Waals surface area contributed by atoms with Crippen LogP contribution in [0.25, 0.3) is 0 Å². The Balaban J connectivity index is 4.56. The Morgan fingerprint density at radius 2 is 0.551 bits per heavy atom. The second kappa shape index (κ2) is 21.7. The van der Waals surface area contributed by atoms with Crippen molar-refractivity contribution < 1.29 is 185 Å². The third-order valence-corrected chi connectivity index (χ3v) is 16.4. The second-order valence-corrected chi connectivity index (χ2v) is 21.0. The Kier molecular flexibility index (Phi) is 20.2. The minimum absolute atomic E-state index is 0.175. The van der Waals surface area contributed by atoms with Crippen molar-refractivity contribution in [3.05, 3.63) is 29.8 Å². The maximum absolute atomic E-state index is 15.3. The van der Waals surface area contributed by atoms with Crippen molar-refractivity contribution in [2.75, 3.05) is 27.1 Å². The van der Waals surface area contributed by atoms with Gasteiger partial charge in [-0.1, -0.05) is 29.5 Å². The van der Waals surface area contributed by atoms with Crippen LogP contribution < -0.4 is 5.19 Å². The van der Waals surface area contributed by atoms with Gasteiger partial charge in [0.1, 0.15) is 6.79 Å². The first-order valence-corrected chi connectivity index (χ1v) is 22.1. The van der Waals surface area contributed by atoms with Gasteiger partial charge >= 0.3 is 107 Å². The van der Waals surface area contributed by atoms with Crippen molar-refractivity contribution in [3.8, 4) is 0 Å². The number of rotatable bonds is 29. The Bertz CT molecular complexity index is 1930. The first-order valence-electron chi connectivity index (χ1n) is 19.5. The standard InChI is InChI=1S/C35H27F39O3Si/c1-75-9-10-76-15-77-14-16-2-4-17(5-3-16)78(11-6-18(36,37)21(42,43)24(48,49)27(54,55)30(60,61)33(66,67)68,12-7-19(38,39)22(44,45)25(50,51)28(56,57)31(62,63)34(69,70)71)13-8-20(40,41)23(46,47)26(52,53)29(58,59)32(64,65)35(72,73)74/h2-5H,6-15H2,1H3. The number of halogens is 39. The number of methoxy groups -OCH3 is 1. The summed E-state index contributed by atoms with van der Waals surface area (Å²) in [7, 11) is -6.04. The molecule has 462 valence electrons. The SMILES string of the molecule is COCCOCOCc1ccc([Si](CCC(F)(F)C(F)(F)C(F)(F)C(F)(F)C(F)(F)C(F)(F)F)(CCC(F)(F)C(F)(F)C(F)(F)C(F)(F)C(F)(F)C(F)(F)F)CCC(F)(F)C(F)(F)C(F)(F)C(F)(F)C(F)(F)C(F)(F)F)cc1. The highest BCUT2D eigenvalue weighted by atomic mass is 28.3. The lowest BCUT2D eigenvalue weighted by Crippen LogP contribution is -2.70. The third kappa shape index (κ3) is 11.9. The molecule has 3 nitrogen and oxygen atoms in total. The van der Waals surface area contributed by atoms with E-state index in [4.69, 9.17) is 9.47 Å². The first kappa shape index (κ1) is 72.6. The van der Waals surface area contributed by atoms with Crippen molar-refractivity contribution in [1.29, 1.82) is 0 Å². The first-order chi connectivity index (χ1) is 33.9. The van der Waals surface area contributed by atoms with Gasteiger partial charge in [0.05, 0.1) is 27.9 Å². The third-order valence-electron chi connectivity index (χ3n) is 11.2. The molecule has 0 fully saturated rings. The van der Waals surface area contributed by atoms with Crippen molar-refractivity contribution in [3.63, 3.8) is 0 Å². The van der Waals surface area contributed by atoms with Crippen LogP contribution in [0.15, 0.2) is 24.3 Å². The lowest BCUT2D eigenvalue weighted by Gasteiger charge is -2.43. The topological polar surface area (TPSA) is 27.7 Å². The molecule has 0 atom stereocenters. The molecule has 78 heavy (non-hydrogen) atoms. The number of alkyl halides is 39. The van der Waals surface area contributed by atoms with Gasteiger partial charge in [0.2, 0.25) is 0 Å². The molecule has 0 saturated heterocycles. The van der Waals surface area contributed by atoms with E-state index in [9.17, 15) is 145 Å². The fourth-order valence-electron chi connectivity index (χ4n) is 6.25. The molecule has 1 aromatic rings. The molecule has 0 aromatic heterocycles. The average Bonchev–Trinajstić information content (AvgIpc) is 3.25. The Morgan fingerprint density at radius 1 is 0.308 bits per heavy atom. The summed E-state index contributed by atoms with van der Waals surface area (Å²) in [5.41, 5.74) is -0.630. The zero-order chi connectivity index (χ0) is 62.7. The molecule has 0 radical (unpaired) electrons. The summed E-state index contributed by atoms with van der Waals surface area (Å²) in [5, 5.41) is -1.91. The number of hydrogen-bond donors (Lipinski definition) is 0. The maximum Gasteiger partial charge on any atom is 0.460 e. The largest absolute Gasteiger partial charge is 0.460 e. The molecule has 1 aromatic carbocycles. The second-order valence-electron chi connectivity index (χ2n) is 16.3. The molecule has 1 rings (SSSR count). The maximum atomic E-state index is 15.3. The summed E-state index contributed by atoms with van der Waals surface area (Å²) in [5.74, 6) is -128. The minimum Gasteiger partial charge on any atom is -0.382 e. The highest BCUT2D eigenvalue weighted by Crippen LogP contribution is 2.65. The molecule has 0 bridgehead atoms.